The number of hydrogen-bond donors (Lipinski definition) is 4. The molecule has 1 atom stereocenters. The minimum absolute atomic E-state index is 0.150. The maximum atomic E-state index is 12.3. The lowest BCUT2D eigenvalue weighted by Gasteiger charge is -2.16. The fourth-order valence-electron chi connectivity index (χ4n) is 3.21. The average Bonchev–Trinajstić information content (AvgIpc) is 2.98. The summed E-state index contributed by atoms with van der Waals surface area (Å²) in [6.45, 7) is 8.47. The van der Waals surface area contributed by atoms with E-state index in [0.717, 1.165) is 23.2 Å². The van der Waals surface area contributed by atoms with Crippen molar-refractivity contribution in [2.75, 3.05) is 5.32 Å². The highest BCUT2D eigenvalue weighted by Gasteiger charge is 2.25. The second-order valence-electron chi connectivity index (χ2n) is 7.01. The highest BCUT2D eigenvalue weighted by molar-refractivity contribution is 5.89. The molecule has 2 aromatic carbocycles. The molecule has 4 N–H and O–H groups in total. The molecule has 6 nitrogen and oxygen atoms in total. The Hall–Kier alpha value is -3.28. The van der Waals surface area contributed by atoms with Crippen molar-refractivity contribution >= 4 is 17.7 Å². The van der Waals surface area contributed by atoms with E-state index in [-0.39, 0.29) is 18.1 Å². The third-order valence-electron chi connectivity index (χ3n) is 4.84. The van der Waals surface area contributed by atoms with Gasteiger partial charge in [-0.1, -0.05) is 49.4 Å². The number of aryl methyl sites for hydroxylation is 2. The van der Waals surface area contributed by atoms with E-state index in [9.17, 15) is 9.59 Å². The van der Waals surface area contributed by atoms with Crippen molar-refractivity contribution in [3.05, 3.63) is 77.0 Å². The standard InChI is InChI=1S/C22H26N4O2/c1-4-17-9-10-19(11-18(17)12-20-15(3)24-22(28)26-20)25-21(27)23-13-16-7-5-14(2)6-8-16/h5-11,20H,3-4,12-13H2,1-2H3,(H2,23,25,27)(H2,24,26,28). The number of amides is 4. The van der Waals surface area contributed by atoms with Crippen molar-refractivity contribution in [3.8, 4) is 0 Å². The van der Waals surface area contributed by atoms with Crippen LogP contribution in [0.3, 0.4) is 0 Å². The highest BCUT2D eigenvalue weighted by Crippen LogP contribution is 2.21. The molecule has 0 spiro atoms. The monoisotopic (exact) mass is 378 g/mol. The first-order chi connectivity index (χ1) is 13.4. The van der Waals surface area contributed by atoms with Gasteiger partial charge in [0.1, 0.15) is 0 Å². The van der Waals surface area contributed by atoms with Gasteiger partial charge in [-0.15, -0.1) is 0 Å². The molecule has 1 aliphatic heterocycles. The number of carbonyl (C=O) groups is 2. The van der Waals surface area contributed by atoms with Crippen molar-refractivity contribution < 1.29 is 9.59 Å². The largest absolute Gasteiger partial charge is 0.334 e. The van der Waals surface area contributed by atoms with Crippen LogP contribution in [-0.4, -0.2) is 18.1 Å². The van der Waals surface area contributed by atoms with E-state index in [4.69, 9.17) is 0 Å². The first-order valence-corrected chi connectivity index (χ1v) is 9.43. The van der Waals surface area contributed by atoms with Gasteiger partial charge < -0.3 is 21.3 Å². The van der Waals surface area contributed by atoms with Gasteiger partial charge in [-0.3, -0.25) is 0 Å². The third kappa shape index (κ3) is 4.91. The van der Waals surface area contributed by atoms with Crippen LogP contribution in [0.1, 0.15) is 29.2 Å². The van der Waals surface area contributed by atoms with Crippen LogP contribution in [0, 0.1) is 6.92 Å². The van der Waals surface area contributed by atoms with Crippen LogP contribution in [-0.2, 0) is 19.4 Å². The first-order valence-electron chi connectivity index (χ1n) is 9.43. The molecule has 2 aromatic rings. The fourth-order valence-corrected chi connectivity index (χ4v) is 3.21. The Balaban J connectivity index is 1.63. The molecule has 1 saturated heterocycles. The zero-order valence-electron chi connectivity index (χ0n) is 16.3. The molecule has 1 unspecified atom stereocenters. The van der Waals surface area contributed by atoms with E-state index < -0.39 is 0 Å². The van der Waals surface area contributed by atoms with Gasteiger partial charge in [0, 0.05) is 17.9 Å². The summed E-state index contributed by atoms with van der Waals surface area (Å²) in [5.74, 6) is 0. The molecule has 0 bridgehead atoms. The van der Waals surface area contributed by atoms with E-state index in [2.05, 4.69) is 34.8 Å². The van der Waals surface area contributed by atoms with Gasteiger partial charge in [-0.2, -0.15) is 0 Å². The van der Waals surface area contributed by atoms with Crippen LogP contribution in [0.5, 0.6) is 0 Å². The lowest BCUT2D eigenvalue weighted by molar-refractivity contribution is 0.247. The van der Waals surface area contributed by atoms with Crippen molar-refractivity contribution in [1.29, 1.82) is 0 Å². The third-order valence-corrected chi connectivity index (χ3v) is 4.84. The highest BCUT2D eigenvalue weighted by atomic mass is 16.2. The average molecular weight is 378 g/mol. The summed E-state index contributed by atoms with van der Waals surface area (Å²) in [5, 5.41) is 11.3. The SMILES string of the molecule is C=C1NC(=O)NC1Cc1cc(NC(=O)NCc2ccc(C)cc2)ccc1CC. The Bertz CT molecular complexity index is 890. The molecule has 0 aliphatic carbocycles. The summed E-state index contributed by atoms with van der Waals surface area (Å²) in [4.78, 5) is 23.7. The lowest BCUT2D eigenvalue weighted by Crippen LogP contribution is -2.29. The summed E-state index contributed by atoms with van der Waals surface area (Å²) >= 11 is 0. The molecule has 28 heavy (non-hydrogen) atoms. The van der Waals surface area contributed by atoms with E-state index in [1.165, 1.54) is 11.1 Å². The molecule has 1 heterocycles. The summed E-state index contributed by atoms with van der Waals surface area (Å²) in [6.07, 6.45) is 1.50. The van der Waals surface area contributed by atoms with Crippen molar-refractivity contribution in [3.63, 3.8) is 0 Å². The quantitative estimate of drug-likeness (QED) is 0.619. The van der Waals surface area contributed by atoms with Crippen LogP contribution in [0.15, 0.2) is 54.7 Å². The molecule has 1 fully saturated rings. The van der Waals surface area contributed by atoms with E-state index in [0.29, 0.717) is 18.7 Å². The minimum Gasteiger partial charge on any atom is -0.334 e. The number of benzene rings is 2. The van der Waals surface area contributed by atoms with Crippen LogP contribution in [0.25, 0.3) is 0 Å². The van der Waals surface area contributed by atoms with Crippen molar-refractivity contribution in [2.45, 2.75) is 39.3 Å². The maximum absolute atomic E-state index is 12.3. The van der Waals surface area contributed by atoms with E-state index >= 15 is 0 Å². The molecular weight excluding hydrogens is 352 g/mol. The van der Waals surface area contributed by atoms with Crippen LogP contribution < -0.4 is 21.3 Å². The molecule has 0 aromatic heterocycles. The van der Waals surface area contributed by atoms with E-state index in [1.807, 2.05) is 49.4 Å². The molecular formula is C22H26N4O2. The fraction of sp³-hybridized carbons (Fsp3) is 0.273. The molecule has 0 saturated carbocycles. The molecule has 3 rings (SSSR count). The van der Waals surface area contributed by atoms with Crippen LogP contribution in [0.2, 0.25) is 0 Å². The van der Waals surface area contributed by atoms with E-state index in [1.54, 1.807) is 0 Å². The van der Waals surface area contributed by atoms with Gasteiger partial charge in [-0.05, 0) is 48.6 Å². The number of carbonyl (C=O) groups excluding carboxylic acids is 2. The predicted octanol–water partition coefficient (Wildman–Crippen LogP) is 3.62. The lowest BCUT2D eigenvalue weighted by atomic mass is 9.97. The summed E-state index contributed by atoms with van der Waals surface area (Å²) in [7, 11) is 0. The number of anilines is 1. The van der Waals surface area contributed by atoms with Gasteiger partial charge in [0.05, 0.1) is 6.04 Å². The second-order valence-corrected chi connectivity index (χ2v) is 7.01. The number of urea groups is 2. The maximum Gasteiger partial charge on any atom is 0.319 e. The summed E-state index contributed by atoms with van der Waals surface area (Å²) in [5.41, 5.74) is 5.88. The van der Waals surface area contributed by atoms with Gasteiger partial charge in [0.25, 0.3) is 0 Å². The zero-order valence-corrected chi connectivity index (χ0v) is 16.3. The second kappa shape index (κ2) is 8.61. The Labute approximate surface area is 165 Å². The van der Waals surface area contributed by atoms with Crippen LogP contribution >= 0.6 is 0 Å². The first kappa shape index (κ1) is 19.5. The zero-order chi connectivity index (χ0) is 20.1. The topological polar surface area (TPSA) is 82.3 Å². The van der Waals surface area contributed by atoms with Gasteiger partial charge in [0.2, 0.25) is 0 Å². The number of nitrogens with one attached hydrogen (secondary N) is 4. The normalized spacial score (nSPS) is 15.7. The smallest absolute Gasteiger partial charge is 0.319 e. The summed E-state index contributed by atoms with van der Waals surface area (Å²) in [6, 6.07) is 13.3. The molecule has 146 valence electrons. The van der Waals surface area contributed by atoms with Gasteiger partial charge in [-0.25, -0.2) is 9.59 Å². The van der Waals surface area contributed by atoms with Crippen molar-refractivity contribution in [2.24, 2.45) is 0 Å². The minimum atomic E-state index is -0.254. The Morgan fingerprint density at radius 3 is 2.54 bits per heavy atom. The van der Waals surface area contributed by atoms with Gasteiger partial charge in [0.15, 0.2) is 0 Å². The van der Waals surface area contributed by atoms with Crippen molar-refractivity contribution in [1.82, 2.24) is 16.0 Å². The number of hydrogen-bond acceptors (Lipinski definition) is 2. The number of rotatable bonds is 6. The Morgan fingerprint density at radius 1 is 1.14 bits per heavy atom. The summed E-state index contributed by atoms with van der Waals surface area (Å²) < 4.78 is 0. The molecule has 0 radical (unpaired) electrons. The Morgan fingerprint density at radius 2 is 1.89 bits per heavy atom. The predicted molar refractivity (Wildman–Crippen MR) is 111 cm³/mol. The van der Waals surface area contributed by atoms with Gasteiger partial charge >= 0.3 is 12.1 Å². The molecule has 4 amide bonds. The molecule has 6 heteroatoms. The Kier molecular flexibility index (Phi) is 5.99. The van der Waals surface area contributed by atoms with Crippen LogP contribution in [0.4, 0.5) is 15.3 Å². The molecule has 1 aliphatic rings.